The Hall–Kier alpha value is -0.600. The first kappa shape index (κ1) is 16.8. The van der Waals surface area contributed by atoms with E-state index in [2.05, 4.69) is 48.5 Å². The fourth-order valence-electron chi connectivity index (χ4n) is 1.84. The van der Waals surface area contributed by atoms with Crippen molar-refractivity contribution >= 4 is 50.1 Å². The Bertz CT molecular complexity index is 683. The lowest BCUT2D eigenvalue weighted by Gasteiger charge is -2.12. The highest BCUT2D eigenvalue weighted by Crippen LogP contribution is 2.38. The maximum atomic E-state index is 6.20. The summed E-state index contributed by atoms with van der Waals surface area (Å²) in [4.78, 5) is 8.95. The van der Waals surface area contributed by atoms with Gasteiger partial charge in [0.2, 0.25) is 0 Å². The van der Waals surface area contributed by atoms with Crippen LogP contribution in [0.25, 0.3) is 11.4 Å². The average molecular weight is 484 g/mol. The zero-order valence-electron chi connectivity index (χ0n) is 11.7. The third-order valence-electron chi connectivity index (χ3n) is 2.93. The molecule has 7 heteroatoms. The average Bonchev–Trinajstić information content (AvgIpc) is 2.49. The van der Waals surface area contributed by atoms with Gasteiger partial charge in [0.25, 0.3) is 0 Å². The van der Waals surface area contributed by atoms with Crippen molar-refractivity contribution in [3.8, 4) is 22.9 Å². The van der Waals surface area contributed by atoms with Gasteiger partial charge in [-0.25, -0.2) is 9.97 Å². The summed E-state index contributed by atoms with van der Waals surface area (Å²) in [5.74, 6) is 1.82. The van der Waals surface area contributed by atoms with Crippen molar-refractivity contribution in [3.63, 3.8) is 0 Å². The molecule has 0 unspecified atom stereocenters. The maximum Gasteiger partial charge on any atom is 0.162 e. The molecule has 0 saturated heterocycles. The van der Waals surface area contributed by atoms with Crippen LogP contribution in [0.3, 0.4) is 0 Å². The molecule has 2 rings (SSSR count). The summed E-state index contributed by atoms with van der Waals surface area (Å²) in [7, 11) is 3.19. The van der Waals surface area contributed by atoms with E-state index in [1.54, 1.807) is 14.2 Å². The first-order valence-electron chi connectivity index (χ1n) is 6.15. The molecule has 2 aromatic rings. The van der Waals surface area contributed by atoms with Gasteiger partial charge in [-0.3, -0.25) is 0 Å². The van der Waals surface area contributed by atoms with Gasteiger partial charge in [0, 0.05) is 10.0 Å². The standard InChI is InChI=1S/C14H13BrClIN2O2/c1-4-9-12(17)13(16)19-14(18-9)7-5-10(20-2)11(21-3)6-8(7)15/h5-6H,4H2,1-3H3. The van der Waals surface area contributed by atoms with E-state index >= 15 is 0 Å². The molecular formula is C14H13BrClIN2O2. The van der Waals surface area contributed by atoms with Crippen LogP contribution in [0.4, 0.5) is 0 Å². The van der Waals surface area contributed by atoms with Gasteiger partial charge < -0.3 is 9.47 Å². The van der Waals surface area contributed by atoms with Crippen LogP contribution in [-0.2, 0) is 6.42 Å². The van der Waals surface area contributed by atoms with E-state index in [1.807, 2.05) is 19.1 Å². The zero-order valence-corrected chi connectivity index (χ0v) is 16.2. The van der Waals surface area contributed by atoms with Crippen molar-refractivity contribution in [1.82, 2.24) is 9.97 Å². The Kier molecular flexibility index (Phi) is 5.67. The summed E-state index contributed by atoms with van der Waals surface area (Å²) in [5.41, 5.74) is 1.73. The van der Waals surface area contributed by atoms with Crippen molar-refractivity contribution in [2.75, 3.05) is 14.2 Å². The largest absolute Gasteiger partial charge is 0.493 e. The van der Waals surface area contributed by atoms with Crippen molar-refractivity contribution in [3.05, 3.63) is 31.0 Å². The minimum atomic E-state index is 0.458. The number of benzene rings is 1. The molecule has 0 aliphatic carbocycles. The van der Waals surface area contributed by atoms with Crippen LogP contribution in [0.2, 0.25) is 5.15 Å². The van der Waals surface area contributed by atoms with Gasteiger partial charge in [-0.2, -0.15) is 0 Å². The predicted octanol–water partition coefficient (Wildman–Crippen LogP) is 4.74. The third-order valence-corrected chi connectivity index (χ3v) is 5.31. The Labute approximate surface area is 150 Å². The number of methoxy groups -OCH3 is 2. The fraction of sp³-hybridized carbons (Fsp3) is 0.286. The van der Waals surface area contributed by atoms with Gasteiger partial charge in [-0.15, -0.1) is 0 Å². The molecule has 0 N–H and O–H groups in total. The van der Waals surface area contributed by atoms with E-state index in [-0.39, 0.29) is 0 Å². The highest BCUT2D eigenvalue weighted by molar-refractivity contribution is 14.1. The predicted molar refractivity (Wildman–Crippen MR) is 95.4 cm³/mol. The van der Waals surface area contributed by atoms with Crippen molar-refractivity contribution in [2.24, 2.45) is 0 Å². The summed E-state index contributed by atoms with van der Waals surface area (Å²) < 4.78 is 12.3. The highest BCUT2D eigenvalue weighted by Gasteiger charge is 2.16. The van der Waals surface area contributed by atoms with Gasteiger partial charge in [0.15, 0.2) is 17.3 Å². The van der Waals surface area contributed by atoms with Gasteiger partial charge in [0.1, 0.15) is 5.15 Å². The monoisotopic (exact) mass is 482 g/mol. The Morgan fingerprint density at radius 1 is 1.19 bits per heavy atom. The van der Waals surface area contributed by atoms with E-state index in [0.29, 0.717) is 22.5 Å². The smallest absolute Gasteiger partial charge is 0.162 e. The third kappa shape index (κ3) is 3.43. The normalized spacial score (nSPS) is 10.6. The van der Waals surface area contributed by atoms with Crippen LogP contribution in [-0.4, -0.2) is 24.2 Å². The van der Waals surface area contributed by atoms with E-state index < -0.39 is 0 Å². The van der Waals surface area contributed by atoms with Gasteiger partial charge in [0.05, 0.1) is 23.5 Å². The quantitative estimate of drug-likeness (QED) is 0.465. The molecular weight excluding hydrogens is 470 g/mol. The van der Waals surface area contributed by atoms with E-state index in [0.717, 1.165) is 25.7 Å². The van der Waals surface area contributed by atoms with Crippen LogP contribution in [0, 0.1) is 3.57 Å². The zero-order chi connectivity index (χ0) is 15.6. The second-order valence-electron chi connectivity index (χ2n) is 4.14. The summed E-state index contributed by atoms with van der Waals surface area (Å²) in [6, 6.07) is 3.66. The Morgan fingerprint density at radius 2 is 1.81 bits per heavy atom. The molecule has 0 aliphatic heterocycles. The number of hydrogen-bond donors (Lipinski definition) is 0. The van der Waals surface area contributed by atoms with Crippen molar-refractivity contribution in [1.29, 1.82) is 0 Å². The molecule has 0 radical (unpaired) electrons. The lowest BCUT2D eigenvalue weighted by atomic mass is 10.1. The molecule has 0 amide bonds. The van der Waals surface area contributed by atoms with E-state index in [1.165, 1.54) is 0 Å². The SMILES string of the molecule is CCc1nc(-c2cc(OC)c(OC)cc2Br)nc(Cl)c1I. The number of halogens is 3. The van der Waals surface area contributed by atoms with Gasteiger partial charge in [-0.1, -0.05) is 18.5 Å². The van der Waals surface area contributed by atoms with Crippen molar-refractivity contribution in [2.45, 2.75) is 13.3 Å². The van der Waals surface area contributed by atoms with Crippen LogP contribution >= 0.6 is 50.1 Å². The second-order valence-corrected chi connectivity index (χ2v) is 6.43. The Morgan fingerprint density at radius 3 is 2.38 bits per heavy atom. The molecule has 1 heterocycles. The summed E-state index contributed by atoms with van der Waals surface area (Å²) in [5, 5.41) is 0.458. The minimum absolute atomic E-state index is 0.458. The summed E-state index contributed by atoms with van der Waals surface area (Å²) >= 11 is 11.9. The maximum absolute atomic E-state index is 6.20. The molecule has 0 spiro atoms. The minimum Gasteiger partial charge on any atom is -0.493 e. The molecule has 4 nitrogen and oxygen atoms in total. The van der Waals surface area contributed by atoms with Crippen molar-refractivity contribution < 1.29 is 9.47 Å². The van der Waals surface area contributed by atoms with Crippen LogP contribution in [0.1, 0.15) is 12.6 Å². The van der Waals surface area contributed by atoms with Gasteiger partial charge >= 0.3 is 0 Å². The molecule has 0 bridgehead atoms. The molecule has 0 atom stereocenters. The number of ether oxygens (including phenoxy) is 2. The summed E-state index contributed by atoms with van der Waals surface area (Å²) in [6.07, 6.45) is 0.790. The fourth-order valence-corrected chi connectivity index (χ4v) is 3.15. The lowest BCUT2D eigenvalue weighted by Crippen LogP contribution is -2.01. The topological polar surface area (TPSA) is 44.2 Å². The van der Waals surface area contributed by atoms with Crippen LogP contribution in [0.5, 0.6) is 11.5 Å². The molecule has 112 valence electrons. The molecule has 1 aromatic carbocycles. The number of rotatable bonds is 4. The number of aryl methyl sites for hydroxylation is 1. The summed E-state index contributed by atoms with van der Waals surface area (Å²) in [6.45, 7) is 2.04. The number of nitrogens with zero attached hydrogens (tertiary/aromatic N) is 2. The first-order valence-corrected chi connectivity index (χ1v) is 8.40. The first-order chi connectivity index (χ1) is 10.0. The molecule has 1 aromatic heterocycles. The molecule has 0 aliphatic rings. The number of aromatic nitrogens is 2. The molecule has 0 fully saturated rings. The van der Waals surface area contributed by atoms with E-state index in [9.17, 15) is 0 Å². The van der Waals surface area contributed by atoms with Crippen LogP contribution in [0.15, 0.2) is 16.6 Å². The van der Waals surface area contributed by atoms with E-state index in [4.69, 9.17) is 21.1 Å². The molecule has 21 heavy (non-hydrogen) atoms. The second kappa shape index (κ2) is 7.11. The van der Waals surface area contributed by atoms with Crippen LogP contribution < -0.4 is 9.47 Å². The lowest BCUT2D eigenvalue weighted by molar-refractivity contribution is 0.355. The van der Waals surface area contributed by atoms with Gasteiger partial charge in [-0.05, 0) is 57.1 Å². The highest BCUT2D eigenvalue weighted by atomic mass is 127. The Balaban J connectivity index is 2.64. The molecule has 0 saturated carbocycles. The number of hydrogen-bond acceptors (Lipinski definition) is 4.